The molecule has 0 bridgehead atoms. The molecule has 36 heavy (non-hydrogen) atoms. The van der Waals surface area contributed by atoms with Crippen LogP contribution >= 0.6 is 0 Å². The molecule has 1 aromatic rings. The fraction of sp³-hybridized carbons (Fsp3) is 0.448. The van der Waals surface area contributed by atoms with Crippen LogP contribution in [0.4, 0.5) is 0 Å². The van der Waals surface area contributed by atoms with Gasteiger partial charge in [0.05, 0.1) is 29.8 Å². The van der Waals surface area contributed by atoms with Crippen molar-refractivity contribution >= 4 is 23.3 Å². The molecule has 3 atom stereocenters. The molecule has 0 spiro atoms. The number of aliphatic imine (C=N–C) groups is 1. The SMILES string of the molecule is C=CC[C@H](C(N)=O)[C@@H](CC(C)C)C(=O)NC1CN(C(C)C)C2=C(CC=CC2=O)C(c2ccccc2)=N1. The fourth-order valence-electron chi connectivity index (χ4n) is 4.97. The zero-order chi connectivity index (χ0) is 26.4. The largest absolute Gasteiger partial charge is 0.369 e. The summed E-state index contributed by atoms with van der Waals surface area (Å²) < 4.78 is 0. The van der Waals surface area contributed by atoms with E-state index in [1.54, 1.807) is 12.2 Å². The van der Waals surface area contributed by atoms with Crippen LogP contribution in [-0.2, 0) is 14.4 Å². The number of nitrogens with zero attached hydrogens (tertiary/aromatic N) is 2. The Morgan fingerprint density at radius 2 is 1.89 bits per heavy atom. The standard InChI is InChI=1S/C29H38N4O3/c1-6-11-21(28(30)35)23(16-18(2)3)29(36)32-25-17-33(19(4)5)27-22(14-10-15-24(27)34)26(31-25)20-12-8-7-9-13-20/h6-10,12-13,15,18-19,21,23,25H,1,11,14,16-17H2,2-5H3,(H2,30,35)(H,32,36)/t21-,23+,25?/m0/s1. The maximum Gasteiger partial charge on any atom is 0.225 e. The van der Waals surface area contributed by atoms with E-state index in [4.69, 9.17) is 10.7 Å². The molecule has 1 heterocycles. The Morgan fingerprint density at radius 3 is 2.47 bits per heavy atom. The van der Waals surface area contributed by atoms with E-state index < -0.39 is 23.9 Å². The van der Waals surface area contributed by atoms with Crippen molar-refractivity contribution in [2.75, 3.05) is 6.54 Å². The van der Waals surface area contributed by atoms with Gasteiger partial charge in [0.15, 0.2) is 0 Å². The quantitative estimate of drug-likeness (QED) is 0.487. The molecule has 1 unspecified atom stereocenters. The molecular formula is C29H38N4O3. The molecule has 3 rings (SSSR count). The lowest BCUT2D eigenvalue weighted by atomic mass is 9.82. The van der Waals surface area contributed by atoms with Crippen molar-refractivity contribution < 1.29 is 14.4 Å². The average Bonchev–Trinajstić information content (AvgIpc) is 2.99. The number of carbonyl (C=O) groups excluding carboxylic acids is 3. The molecule has 2 aliphatic rings. The summed E-state index contributed by atoms with van der Waals surface area (Å²) in [6.45, 7) is 12.2. The Hall–Kier alpha value is -3.48. The zero-order valence-electron chi connectivity index (χ0n) is 21.7. The Kier molecular flexibility index (Phi) is 9.02. The lowest BCUT2D eigenvalue weighted by Gasteiger charge is -2.33. The molecule has 1 aliphatic carbocycles. The van der Waals surface area contributed by atoms with Gasteiger partial charge in [0.25, 0.3) is 0 Å². The maximum atomic E-state index is 13.6. The number of primary amides is 1. The van der Waals surface area contributed by atoms with Crippen molar-refractivity contribution in [1.29, 1.82) is 0 Å². The first kappa shape index (κ1) is 27.1. The molecule has 0 saturated carbocycles. The molecular weight excluding hydrogens is 452 g/mol. The van der Waals surface area contributed by atoms with E-state index in [1.165, 1.54) is 0 Å². The van der Waals surface area contributed by atoms with Gasteiger partial charge in [-0.1, -0.05) is 56.3 Å². The first-order valence-electron chi connectivity index (χ1n) is 12.7. The van der Waals surface area contributed by atoms with Crippen LogP contribution in [-0.4, -0.2) is 47.0 Å². The van der Waals surface area contributed by atoms with Crippen molar-refractivity contribution in [1.82, 2.24) is 10.2 Å². The minimum absolute atomic E-state index is 0.0146. The molecule has 1 aromatic carbocycles. The zero-order valence-corrected chi connectivity index (χ0v) is 21.7. The van der Waals surface area contributed by atoms with Gasteiger partial charge in [0.2, 0.25) is 17.6 Å². The topological polar surface area (TPSA) is 105 Å². The number of hydrogen-bond acceptors (Lipinski definition) is 5. The second kappa shape index (κ2) is 12.0. The van der Waals surface area contributed by atoms with E-state index >= 15 is 0 Å². The normalized spacial score (nSPS) is 19.5. The van der Waals surface area contributed by atoms with Crippen molar-refractivity contribution in [3.63, 3.8) is 0 Å². The second-order valence-corrected chi connectivity index (χ2v) is 10.2. The number of ketones is 1. The Balaban J connectivity index is 2.04. The molecule has 2 amide bonds. The predicted molar refractivity (Wildman–Crippen MR) is 143 cm³/mol. The van der Waals surface area contributed by atoms with Crippen LogP contribution < -0.4 is 11.1 Å². The molecule has 7 heteroatoms. The lowest BCUT2D eigenvalue weighted by Crippen LogP contribution is -2.49. The second-order valence-electron chi connectivity index (χ2n) is 10.2. The Labute approximate surface area is 214 Å². The maximum absolute atomic E-state index is 13.6. The van der Waals surface area contributed by atoms with Crippen molar-refractivity contribution in [3.8, 4) is 0 Å². The lowest BCUT2D eigenvalue weighted by molar-refractivity contribution is -0.134. The number of rotatable bonds is 10. The van der Waals surface area contributed by atoms with E-state index in [-0.39, 0.29) is 23.7 Å². The van der Waals surface area contributed by atoms with E-state index in [1.807, 2.05) is 69.0 Å². The van der Waals surface area contributed by atoms with Crippen LogP contribution in [0.2, 0.25) is 0 Å². The van der Waals surface area contributed by atoms with Gasteiger partial charge < -0.3 is 16.0 Å². The van der Waals surface area contributed by atoms with Crippen LogP contribution in [0.3, 0.4) is 0 Å². The van der Waals surface area contributed by atoms with Gasteiger partial charge in [-0.05, 0) is 45.1 Å². The third kappa shape index (κ3) is 6.20. The van der Waals surface area contributed by atoms with Gasteiger partial charge in [-0.25, -0.2) is 0 Å². The van der Waals surface area contributed by atoms with Gasteiger partial charge in [0.1, 0.15) is 6.17 Å². The number of carbonyl (C=O) groups is 3. The van der Waals surface area contributed by atoms with Crippen LogP contribution in [0, 0.1) is 17.8 Å². The smallest absolute Gasteiger partial charge is 0.225 e. The monoisotopic (exact) mass is 490 g/mol. The van der Waals surface area contributed by atoms with Crippen LogP contribution in [0.25, 0.3) is 0 Å². The highest BCUT2D eigenvalue weighted by atomic mass is 16.2. The van der Waals surface area contributed by atoms with E-state index in [0.717, 1.165) is 11.1 Å². The number of nitrogens with one attached hydrogen (secondary N) is 1. The summed E-state index contributed by atoms with van der Waals surface area (Å²) in [7, 11) is 0. The molecule has 0 aromatic heterocycles. The summed E-state index contributed by atoms with van der Waals surface area (Å²) in [5.74, 6) is -1.89. The summed E-state index contributed by atoms with van der Waals surface area (Å²) in [6.07, 6.45) is 5.92. The first-order valence-corrected chi connectivity index (χ1v) is 12.7. The number of nitrogens with two attached hydrogens (primary N) is 1. The predicted octanol–water partition coefficient (Wildman–Crippen LogP) is 3.77. The van der Waals surface area contributed by atoms with Crippen molar-refractivity contribution in [3.05, 3.63) is 72.0 Å². The van der Waals surface area contributed by atoms with E-state index in [2.05, 4.69) is 11.9 Å². The highest BCUT2D eigenvalue weighted by molar-refractivity contribution is 6.19. The first-order chi connectivity index (χ1) is 17.1. The van der Waals surface area contributed by atoms with E-state index in [0.29, 0.717) is 37.2 Å². The Bertz CT molecular complexity index is 1080. The number of benzene rings is 1. The minimum atomic E-state index is -0.647. The van der Waals surface area contributed by atoms with Gasteiger partial charge >= 0.3 is 0 Å². The van der Waals surface area contributed by atoms with Crippen LogP contribution in [0.15, 0.2) is 71.4 Å². The van der Waals surface area contributed by atoms with Crippen LogP contribution in [0.5, 0.6) is 0 Å². The Morgan fingerprint density at radius 1 is 1.19 bits per heavy atom. The summed E-state index contributed by atoms with van der Waals surface area (Å²) >= 11 is 0. The van der Waals surface area contributed by atoms with Gasteiger partial charge in [-0.15, -0.1) is 6.58 Å². The number of amides is 2. The van der Waals surface area contributed by atoms with E-state index in [9.17, 15) is 14.4 Å². The average molecular weight is 491 g/mol. The highest BCUT2D eigenvalue weighted by Crippen LogP contribution is 2.30. The third-order valence-corrected chi connectivity index (χ3v) is 6.65. The molecule has 192 valence electrons. The number of allylic oxidation sites excluding steroid dienone is 4. The summed E-state index contributed by atoms with van der Waals surface area (Å²) in [6, 6.07) is 9.74. The number of hydrogen-bond donors (Lipinski definition) is 2. The molecule has 3 N–H and O–H groups in total. The van der Waals surface area contributed by atoms with Crippen molar-refractivity contribution in [2.24, 2.45) is 28.5 Å². The van der Waals surface area contributed by atoms with Gasteiger partial charge in [0, 0.05) is 17.2 Å². The van der Waals surface area contributed by atoms with Gasteiger partial charge in [-0.3, -0.25) is 19.4 Å². The van der Waals surface area contributed by atoms with Gasteiger partial charge in [-0.2, -0.15) is 0 Å². The summed E-state index contributed by atoms with van der Waals surface area (Å²) in [5.41, 5.74) is 8.78. The summed E-state index contributed by atoms with van der Waals surface area (Å²) in [5, 5.41) is 3.10. The van der Waals surface area contributed by atoms with Crippen molar-refractivity contribution in [2.45, 2.75) is 59.2 Å². The molecule has 1 aliphatic heterocycles. The highest BCUT2D eigenvalue weighted by Gasteiger charge is 2.36. The third-order valence-electron chi connectivity index (χ3n) is 6.65. The molecule has 0 radical (unpaired) electrons. The fourth-order valence-corrected chi connectivity index (χ4v) is 4.97. The minimum Gasteiger partial charge on any atom is -0.369 e. The summed E-state index contributed by atoms with van der Waals surface area (Å²) in [4.78, 5) is 46.0. The molecule has 7 nitrogen and oxygen atoms in total. The molecule has 0 fully saturated rings. The van der Waals surface area contributed by atoms with Crippen LogP contribution in [0.1, 0.15) is 52.5 Å². The molecule has 0 saturated heterocycles.